The van der Waals surface area contributed by atoms with E-state index in [2.05, 4.69) is 33.0 Å². The Balaban J connectivity index is 2.61. The zero-order chi connectivity index (χ0) is 12.2. The lowest BCUT2D eigenvalue weighted by atomic mass is 9.87. The maximum atomic E-state index is 12.2. The van der Waals surface area contributed by atoms with Crippen LogP contribution in [0.5, 0.6) is 0 Å². The van der Waals surface area contributed by atoms with Gasteiger partial charge < -0.3 is 5.32 Å². The first-order valence-corrected chi connectivity index (χ1v) is 8.01. The molecule has 0 aliphatic heterocycles. The van der Waals surface area contributed by atoms with Gasteiger partial charge in [-0.1, -0.05) is 34.1 Å². The average Bonchev–Trinajstić information content (AvgIpc) is 2.52. The van der Waals surface area contributed by atoms with Gasteiger partial charge in [0.25, 0.3) is 0 Å². The van der Waals surface area contributed by atoms with Gasteiger partial charge in [0.2, 0.25) is 0 Å². The predicted octanol–water partition coefficient (Wildman–Crippen LogP) is 2.70. The number of hydrogen-bond acceptors (Lipinski definition) is 2. The summed E-state index contributed by atoms with van der Waals surface area (Å²) >= 11 is 0. The third kappa shape index (κ3) is 3.30. The lowest BCUT2D eigenvalue weighted by Crippen LogP contribution is -2.46. The van der Waals surface area contributed by atoms with Crippen molar-refractivity contribution < 1.29 is 4.21 Å². The lowest BCUT2D eigenvalue weighted by Gasteiger charge is -2.31. The van der Waals surface area contributed by atoms with Crippen LogP contribution in [0.2, 0.25) is 0 Å². The molecule has 1 saturated carbocycles. The van der Waals surface area contributed by atoms with Crippen molar-refractivity contribution in [2.75, 3.05) is 12.3 Å². The fourth-order valence-electron chi connectivity index (χ4n) is 2.69. The average molecular weight is 245 g/mol. The molecule has 1 rings (SSSR count). The Kier molecular flexibility index (Phi) is 5.45. The number of rotatable bonds is 6. The summed E-state index contributed by atoms with van der Waals surface area (Å²) in [5.74, 6) is 0.888. The number of nitrogens with one attached hydrogen (secondary N) is 1. The van der Waals surface area contributed by atoms with E-state index in [1.807, 2.05) is 0 Å². The molecule has 3 unspecified atom stereocenters. The van der Waals surface area contributed by atoms with Gasteiger partial charge in [0.15, 0.2) is 0 Å². The van der Waals surface area contributed by atoms with Crippen molar-refractivity contribution in [2.45, 2.75) is 64.7 Å². The molecule has 0 saturated heterocycles. The van der Waals surface area contributed by atoms with Crippen LogP contribution in [0.3, 0.4) is 0 Å². The molecule has 2 nitrogen and oxygen atoms in total. The maximum Gasteiger partial charge on any atom is 0.0506 e. The highest BCUT2D eigenvalue weighted by atomic mass is 32.2. The first-order chi connectivity index (χ1) is 7.53. The van der Waals surface area contributed by atoms with Gasteiger partial charge in [-0.3, -0.25) is 4.21 Å². The second kappa shape index (κ2) is 6.15. The molecule has 0 radical (unpaired) electrons. The van der Waals surface area contributed by atoms with Crippen LogP contribution in [0, 0.1) is 5.41 Å². The Labute approximate surface area is 103 Å². The second-order valence-electron chi connectivity index (χ2n) is 5.54. The van der Waals surface area contributed by atoms with Gasteiger partial charge >= 0.3 is 0 Å². The molecule has 1 N–H and O–H groups in total. The highest BCUT2D eigenvalue weighted by Gasteiger charge is 2.43. The number of hydrogen-bond donors (Lipinski definition) is 1. The molecule has 0 aromatic rings. The van der Waals surface area contributed by atoms with Gasteiger partial charge in [-0.05, 0) is 31.2 Å². The maximum absolute atomic E-state index is 12.2. The van der Waals surface area contributed by atoms with Crippen molar-refractivity contribution in [1.29, 1.82) is 0 Å². The van der Waals surface area contributed by atoms with Crippen molar-refractivity contribution in [2.24, 2.45) is 5.41 Å². The van der Waals surface area contributed by atoms with Gasteiger partial charge in [0.1, 0.15) is 0 Å². The first kappa shape index (κ1) is 14.2. The van der Waals surface area contributed by atoms with Crippen LogP contribution in [-0.2, 0) is 10.8 Å². The van der Waals surface area contributed by atoms with Crippen LogP contribution in [-0.4, -0.2) is 27.8 Å². The second-order valence-corrected chi connectivity index (χ2v) is 7.31. The summed E-state index contributed by atoms with van der Waals surface area (Å²) in [4.78, 5) is 0. The molecule has 16 heavy (non-hydrogen) atoms. The Morgan fingerprint density at radius 2 is 2.06 bits per heavy atom. The molecule has 0 bridgehead atoms. The van der Waals surface area contributed by atoms with Crippen LogP contribution in [0.4, 0.5) is 0 Å². The number of unbranched alkanes of at least 4 members (excludes halogenated alkanes) is 1. The van der Waals surface area contributed by atoms with E-state index in [1.54, 1.807) is 0 Å². The highest BCUT2D eigenvalue weighted by Crippen LogP contribution is 2.40. The van der Waals surface area contributed by atoms with Gasteiger partial charge in [-0.25, -0.2) is 0 Å². The molecule has 0 spiro atoms. The molecule has 3 atom stereocenters. The van der Waals surface area contributed by atoms with Crippen LogP contribution in [0.25, 0.3) is 0 Å². The topological polar surface area (TPSA) is 29.1 Å². The summed E-state index contributed by atoms with van der Waals surface area (Å²) in [6.45, 7) is 9.89. The van der Waals surface area contributed by atoms with Gasteiger partial charge in [0, 0.05) is 22.6 Å². The third-order valence-corrected chi connectivity index (χ3v) is 5.62. The van der Waals surface area contributed by atoms with Crippen LogP contribution in [0.15, 0.2) is 0 Å². The standard InChI is InChI=1S/C13H27NOS/c1-5-7-10-16(15)11-8-9-13(3,4)12(11)14-6-2/h11-12,14H,5-10H2,1-4H3. The fraction of sp³-hybridized carbons (Fsp3) is 1.00. The van der Waals surface area contributed by atoms with Gasteiger partial charge in [-0.2, -0.15) is 0 Å². The smallest absolute Gasteiger partial charge is 0.0506 e. The van der Waals surface area contributed by atoms with Crippen molar-refractivity contribution in [3.8, 4) is 0 Å². The monoisotopic (exact) mass is 245 g/mol. The van der Waals surface area contributed by atoms with E-state index >= 15 is 0 Å². The van der Waals surface area contributed by atoms with E-state index < -0.39 is 10.8 Å². The van der Waals surface area contributed by atoms with E-state index in [-0.39, 0.29) is 0 Å². The van der Waals surface area contributed by atoms with Crippen LogP contribution in [0.1, 0.15) is 53.4 Å². The molecule has 0 amide bonds. The van der Waals surface area contributed by atoms with E-state index in [0.717, 1.165) is 31.6 Å². The minimum Gasteiger partial charge on any atom is -0.313 e. The van der Waals surface area contributed by atoms with Gasteiger partial charge in [-0.15, -0.1) is 0 Å². The van der Waals surface area contributed by atoms with Crippen LogP contribution < -0.4 is 5.32 Å². The van der Waals surface area contributed by atoms with E-state index in [9.17, 15) is 4.21 Å². The zero-order valence-electron chi connectivity index (χ0n) is 11.2. The lowest BCUT2D eigenvalue weighted by molar-refractivity contribution is 0.289. The summed E-state index contributed by atoms with van der Waals surface area (Å²) in [5.41, 5.74) is 0.308. The molecule has 0 aromatic heterocycles. The van der Waals surface area contributed by atoms with Crippen molar-refractivity contribution in [3.05, 3.63) is 0 Å². The van der Waals surface area contributed by atoms with Crippen molar-refractivity contribution in [1.82, 2.24) is 5.32 Å². The Hall–Kier alpha value is 0.110. The van der Waals surface area contributed by atoms with Crippen LogP contribution >= 0.6 is 0 Å². The SMILES string of the molecule is CCCCS(=O)C1CCC(C)(C)C1NCC. The predicted molar refractivity (Wildman–Crippen MR) is 72.2 cm³/mol. The summed E-state index contributed by atoms with van der Waals surface area (Å²) in [6.07, 6.45) is 4.57. The molecule has 3 heteroatoms. The zero-order valence-corrected chi connectivity index (χ0v) is 12.0. The van der Waals surface area contributed by atoms with Gasteiger partial charge in [0.05, 0.1) is 5.25 Å². The molecule has 0 heterocycles. The molecule has 96 valence electrons. The molecule has 1 fully saturated rings. The van der Waals surface area contributed by atoms with E-state index in [0.29, 0.717) is 16.7 Å². The molecule has 1 aliphatic rings. The first-order valence-electron chi connectivity index (χ1n) is 6.63. The summed E-state index contributed by atoms with van der Waals surface area (Å²) in [6, 6.07) is 0.440. The largest absolute Gasteiger partial charge is 0.313 e. The third-order valence-electron chi connectivity index (χ3n) is 3.75. The Morgan fingerprint density at radius 1 is 1.38 bits per heavy atom. The summed E-state index contributed by atoms with van der Waals surface area (Å²) in [7, 11) is -0.636. The Morgan fingerprint density at radius 3 is 2.62 bits per heavy atom. The minimum atomic E-state index is -0.636. The van der Waals surface area contributed by atoms with E-state index in [1.165, 1.54) is 6.42 Å². The quantitative estimate of drug-likeness (QED) is 0.779. The molecule has 0 aromatic carbocycles. The molecular formula is C13H27NOS. The minimum absolute atomic E-state index is 0.308. The molecule has 1 aliphatic carbocycles. The normalized spacial score (nSPS) is 30.5. The summed E-state index contributed by atoms with van der Waals surface area (Å²) in [5, 5.41) is 3.93. The Bertz CT molecular complexity index is 240. The van der Waals surface area contributed by atoms with E-state index in [4.69, 9.17) is 0 Å². The summed E-state index contributed by atoms with van der Waals surface area (Å²) < 4.78 is 12.2. The highest BCUT2D eigenvalue weighted by molar-refractivity contribution is 7.85. The fourth-order valence-corrected chi connectivity index (χ4v) is 4.71. The van der Waals surface area contributed by atoms with Crippen molar-refractivity contribution in [3.63, 3.8) is 0 Å². The van der Waals surface area contributed by atoms with Crippen molar-refractivity contribution >= 4 is 10.8 Å². The molecular weight excluding hydrogens is 218 g/mol.